The first-order chi connectivity index (χ1) is 8.31. The average molecular weight is 227 g/mol. The van der Waals surface area contributed by atoms with Gasteiger partial charge in [-0.25, -0.2) is 0 Å². The van der Waals surface area contributed by atoms with Crippen LogP contribution in [-0.2, 0) is 19.5 Å². The molecule has 0 aliphatic carbocycles. The SMILES string of the molecule is Cc1ccc(CN2CCc3ccccc3C2)o1. The Morgan fingerprint density at radius 2 is 1.94 bits per heavy atom. The lowest BCUT2D eigenvalue weighted by atomic mass is 10.00. The van der Waals surface area contributed by atoms with Gasteiger partial charge in [-0.3, -0.25) is 4.90 Å². The normalized spacial score (nSPS) is 15.8. The molecule has 0 saturated carbocycles. The lowest BCUT2D eigenvalue weighted by Crippen LogP contribution is -2.29. The molecule has 2 aromatic rings. The van der Waals surface area contributed by atoms with Crippen molar-refractivity contribution in [1.29, 1.82) is 0 Å². The lowest BCUT2D eigenvalue weighted by Gasteiger charge is -2.27. The number of furan rings is 1. The third-order valence-corrected chi connectivity index (χ3v) is 3.39. The van der Waals surface area contributed by atoms with Crippen molar-refractivity contribution < 1.29 is 4.42 Å². The van der Waals surface area contributed by atoms with E-state index in [0.29, 0.717) is 0 Å². The van der Waals surface area contributed by atoms with E-state index in [1.54, 1.807) is 0 Å². The molecule has 0 atom stereocenters. The van der Waals surface area contributed by atoms with Gasteiger partial charge in [-0.2, -0.15) is 0 Å². The van der Waals surface area contributed by atoms with Crippen LogP contribution in [0.15, 0.2) is 40.8 Å². The second-order valence-corrected chi connectivity index (χ2v) is 4.74. The van der Waals surface area contributed by atoms with Crippen molar-refractivity contribution in [2.24, 2.45) is 0 Å². The van der Waals surface area contributed by atoms with E-state index in [4.69, 9.17) is 4.42 Å². The van der Waals surface area contributed by atoms with Crippen molar-refractivity contribution in [2.75, 3.05) is 6.54 Å². The van der Waals surface area contributed by atoms with Crippen LogP contribution in [0.2, 0.25) is 0 Å². The molecule has 1 aromatic carbocycles. The van der Waals surface area contributed by atoms with Crippen molar-refractivity contribution in [3.8, 4) is 0 Å². The zero-order valence-electron chi connectivity index (χ0n) is 10.1. The standard InChI is InChI=1S/C15H17NO/c1-12-6-7-15(17-12)11-16-9-8-13-4-2-3-5-14(13)10-16/h2-7H,8-11H2,1H3. The van der Waals surface area contributed by atoms with E-state index in [1.807, 2.05) is 13.0 Å². The molecule has 0 unspecified atom stereocenters. The fourth-order valence-corrected chi connectivity index (χ4v) is 2.48. The van der Waals surface area contributed by atoms with Crippen LogP contribution < -0.4 is 0 Å². The number of nitrogens with zero attached hydrogens (tertiary/aromatic N) is 1. The van der Waals surface area contributed by atoms with Crippen LogP contribution in [-0.4, -0.2) is 11.4 Å². The van der Waals surface area contributed by atoms with Gasteiger partial charge in [0, 0.05) is 13.1 Å². The molecule has 88 valence electrons. The van der Waals surface area contributed by atoms with Crippen LogP contribution in [0.25, 0.3) is 0 Å². The van der Waals surface area contributed by atoms with E-state index in [1.165, 1.54) is 11.1 Å². The van der Waals surface area contributed by atoms with E-state index in [-0.39, 0.29) is 0 Å². The third-order valence-electron chi connectivity index (χ3n) is 3.39. The number of hydrogen-bond acceptors (Lipinski definition) is 2. The number of aryl methyl sites for hydroxylation is 1. The summed E-state index contributed by atoms with van der Waals surface area (Å²) >= 11 is 0. The Bertz CT molecular complexity index is 515. The molecule has 1 aromatic heterocycles. The van der Waals surface area contributed by atoms with Gasteiger partial charge in [0.25, 0.3) is 0 Å². The largest absolute Gasteiger partial charge is 0.465 e. The molecule has 0 amide bonds. The van der Waals surface area contributed by atoms with Crippen molar-refractivity contribution in [1.82, 2.24) is 4.90 Å². The van der Waals surface area contributed by atoms with Crippen LogP contribution in [0.5, 0.6) is 0 Å². The van der Waals surface area contributed by atoms with E-state index in [2.05, 4.69) is 35.2 Å². The summed E-state index contributed by atoms with van der Waals surface area (Å²) in [6, 6.07) is 12.8. The maximum atomic E-state index is 5.63. The predicted molar refractivity (Wildman–Crippen MR) is 67.7 cm³/mol. The zero-order valence-corrected chi connectivity index (χ0v) is 10.1. The molecule has 3 rings (SSSR count). The molecule has 17 heavy (non-hydrogen) atoms. The fourth-order valence-electron chi connectivity index (χ4n) is 2.48. The molecular weight excluding hydrogens is 210 g/mol. The van der Waals surface area contributed by atoms with E-state index in [0.717, 1.165) is 37.6 Å². The summed E-state index contributed by atoms with van der Waals surface area (Å²) in [7, 11) is 0. The van der Waals surface area contributed by atoms with Gasteiger partial charge in [0.1, 0.15) is 11.5 Å². The molecule has 1 aliphatic heterocycles. The van der Waals surface area contributed by atoms with Gasteiger partial charge in [0.05, 0.1) is 6.54 Å². The number of rotatable bonds is 2. The van der Waals surface area contributed by atoms with Crippen molar-refractivity contribution in [2.45, 2.75) is 26.4 Å². The van der Waals surface area contributed by atoms with Crippen LogP contribution >= 0.6 is 0 Å². The highest BCUT2D eigenvalue weighted by molar-refractivity contribution is 5.29. The molecule has 0 saturated heterocycles. The van der Waals surface area contributed by atoms with Gasteiger partial charge >= 0.3 is 0 Å². The summed E-state index contributed by atoms with van der Waals surface area (Å²) in [5.41, 5.74) is 2.96. The maximum Gasteiger partial charge on any atom is 0.118 e. The summed E-state index contributed by atoms with van der Waals surface area (Å²) in [6.07, 6.45) is 1.15. The molecule has 2 heterocycles. The Balaban J connectivity index is 1.72. The smallest absolute Gasteiger partial charge is 0.118 e. The first-order valence-corrected chi connectivity index (χ1v) is 6.16. The molecule has 0 N–H and O–H groups in total. The molecule has 2 heteroatoms. The first-order valence-electron chi connectivity index (χ1n) is 6.16. The van der Waals surface area contributed by atoms with Gasteiger partial charge in [-0.05, 0) is 36.6 Å². The van der Waals surface area contributed by atoms with Crippen LogP contribution in [0, 0.1) is 6.92 Å². The Morgan fingerprint density at radius 1 is 1.12 bits per heavy atom. The van der Waals surface area contributed by atoms with Gasteiger partial charge in [0.15, 0.2) is 0 Å². The van der Waals surface area contributed by atoms with Gasteiger partial charge in [0.2, 0.25) is 0 Å². The monoisotopic (exact) mass is 227 g/mol. The highest BCUT2D eigenvalue weighted by atomic mass is 16.3. The lowest BCUT2D eigenvalue weighted by molar-refractivity contribution is 0.224. The fraction of sp³-hybridized carbons (Fsp3) is 0.333. The molecule has 0 spiro atoms. The minimum absolute atomic E-state index is 0.919. The molecule has 1 aliphatic rings. The average Bonchev–Trinajstić information content (AvgIpc) is 2.75. The van der Waals surface area contributed by atoms with E-state index in [9.17, 15) is 0 Å². The Labute approximate surface area is 102 Å². The maximum absolute atomic E-state index is 5.63. The van der Waals surface area contributed by atoms with Crippen molar-refractivity contribution >= 4 is 0 Å². The van der Waals surface area contributed by atoms with Gasteiger partial charge in [-0.15, -0.1) is 0 Å². The number of hydrogen-bond donors (Lipinski definition) is 0. The van der Waals surface area contributed by atoms with E-state index < -0.39 is 0 Å². The predicted octanol–water partition coefficient (Wildman–Crippen LogP) is 3.15. The van der Waals surface area contributed by atoms with E-state index >= 15 is 0 Å². The second kappa shape index (κ2) is 4.38. The molecule has 0 fully saturated rings. The zero-order chi connectivity index (χ0) is 11.7. The molecular formula is C15H17NO. The summed E-state index contributed by atoms with van der Waals surface area (Å²) in [4.78, 5) is 2.45. The minimum atomic E-state index is 0.919. The summed E-state index contributed by atoms with van der Waals surface area (Å²) in [6.45, 7) is 5.07. The highest BCUT2D eigenvalue weighted by Gasteiger charge is 2.16. The van der Waals surface area contributed by atoms with Crippen LogP contribution in [0.1, 0.15) is 22.6 Å². The Kier molecular flexibility index (Phi) is 2.73. The molecule has 0 bridgehead atoms. The van der Waals surface area contributed by atoms with Crippen molar-refractivity contribution in [3.05, 3.63) is 59.0 Å². The van der Waals surface area contributed by atoms with Gasteiger partial charge < -0.3 is 4.42 Å². The Hall–Kier alpha value is -1.54. The molecule has 2 nitrogen and oxygen atoms in total. The highest BCUT2D eigenvalue weighted by Crippen LogP contribution is 2.20. The van der Waals surface area contributed by atoms with Crippen LogP contribution in [0.4, 0.5) is 0 Å². The summed E-state index contributed by atoms with van der Waals surface area (Å²) in [5.74, 6) is 2.07. The second-order valence-electron chi connectivity index (χ2n) is 4.74. The molecule has 0 radical (unpaired) electrons. The number of benzene rings is 1. The quantitative estimate of drug-likeness (QED) is 0.783. The van der Waals surface area contributed by atoms with Crippen molar-refractivity contribution in [3.63, 3.8) is 0 Å². The number of fused-ring (bicyclic) bond motifs is 1. The summed E-state index contributed by atoms with van der Waals surface area (Å²) < 4.78 is 5.63. The Morgan fingerprint density at radius 3 is 2.71 bits per heavy atom. The third kappa shape index (κ3) is 2.27. The first kappa shape index (κ1) is 10.6. The summed E-state index contributed by atoms with van der Waals surface area (Å²) in [5, 5.41) is 0. The minimum Gasteiger partial charge on any atom is -0.465 e. The van der Waals surface area contributed by atoms with Gasteiger partial charge in [-0.1, -0.05) is 24.3 Å². The van der Waals surface area contributed by atoms with Crippen LogP contribution in [0.3, 0.4) is 0 Å². The topological polar surface area (TPSA) is 16.4 Å².